The van der Waals surface area contributed by atoms with E-state index in [0.717, 1.165) is 42.4 Å². The minimum atomic E-state index is -0.408. The predicted octanol–water partition coefficient (Wildman–Crippen LogP) is 3.15. The number of aromatic amines is 1. The van der Waals surface area contributed by atoms with Crippen molar-refractivity contribution in [3.05, 3.63) is 71.4 Å². The fourth-order valence-electron chi connectivity index (χ4n) is 4.33. The molecule has 0 unspecified atom stereocenters. The molecular weight excluding hydrogens is 376 g/mol. The standard InChI is InChI=1S/C24H28N4O2/c1-16(24(30)27-14-17-5-3-2-4-6-17)28-11-9-18(10-12-28)21-15-26-22-8-7-19(23(25)29)13-20(21)22/h2-8,13,15-16,18,26H,9-12,14H2,1H3,(H2,25,29)(H,27,30)/t16-/m0/s1. The zero-order chi connectivity index (χ0) is 21.1. The van der Waals surface area contributed by atoms with Crippen molar-refractivity contribution in [2.75, 3.05) is 13.1 Å². The van der Waals surface area contributed by atoms with E-state index in [4.69, 9.17) is 5.73 Å². The maximum absolute atomic E-state index is 12.6. The predicted molar refractivity (Wildman–Crippen MR) is 118 cm³/mol. The van der Waals surface area contributed by atoms with E-state index in [0.29, 0.717) is 18.0 Å². The average molecular weight is 405 g/mol. The first kappa shape index (κ1) is 20.2. The quantitative estimate of drug-likeness (QED) is 0.589. The molecule has 30 heavy (non-hydrogen) atoms. The summed E-state index contributed by atoms with van der Waals surface area (Å²) in [6.45, 7) is 4.27. The summed E-state index contributed by atoms with van der Waals surface area (Å²) in [5, 5.41) is 4.11. The molecule has 0 aliphatic carbocycles. The number of fused-ring (bicyclic) bond motifs is 1. The number of hydrogen-bond donors (Lipinski definition) is 3. The Kier molecular flexibility index (Phi) is 5.86. The topological polar surface area (TPSA) is 91.2 Å². The molecule has 0 radical (unpaired) electrons. The Morgan fingerprint density at radius 3 is 2.60 bits per heavy atom. The number of nitrogens with one attached hydrogen (secondary N) is 2. The van der Waals surface area contributed by atoms with Crippen molar-refractivity contribution in [2.45, 2.75) is 38.3 Å². The smallest absolute Gasteiger partial charge is 0.248 e. The van der Waals surface area contributed by atoms with Crippen LogP contribution in [-0.4, -0.2) is 40.8 Å². The maximum Gasteiger partial charge on any atom is 0.248 e. The number of primary amides is 1. The Balaban J connectivity index is 1.36. The summed E-state index contributed by atoms with van der Waals surface area (Å²) in [6.07, 6.45) is 4.00. The summed E-state index contributed by atoms with van der Waals surface area (Å²) < 4.78 is 0. The van der Waals surface area contributed by atoms with Crippen molar-refractivity contribution in [1.29, 1.82) is 0 Å². The summed E-state index contributed by atoms with van der Waals surface area (Å²) in [4.78, 5) is 29.7. The van der Waals surface area contributed by atoms with Gasteiger partial charge in [-0.15, -0.1) is 0 Å². The van der Waals surface area contributed by atoms with Crippen LogP contribution in [0.25, 0.3) is 10.9 Å². The van der Waals surface area contributed by atoms with E-state index in [1.807, 2.05) is 55.6 Å². The average Bonchev–Trinajstić information content (AvgIpc) is 3.21. The molecule has 2 amide bonds. The number of piperidine rings is 1. The summed E-state index contributed by atoms with van der Waals surface area (Å²) in [5.41, 5.74) is 9.34. The van der Waals surface area contributed by atoms with E-state index in [2.05, 4.69) is 15.2 Å². The zero-order valence-electron chi connectivity index (χ0n) is 17.2. The number of aromatic nitrogens is 1. The number of rotatable bonds is 6. The molecule has 1 aliphatic heterocycles. The van der Waals surface area contributed by atoms with E-state index < -0.39 is 5.91 Å². The first-order valence-electron chi connectivity index (χ1n) is 10.5. The Bertz CT molecular complexity index is 1040. The van der Waals surface area contributed by atoms with Crippen molar-refractivity contribution in [3.8, 4) is 0 Å². The molecule has 156 valence electrons. The number of carbonyl (C=O) groups excluding carboxylic acids is 2. The lowest BCUT2D eigenvalue weighted by atomic mass is 9.88. The highest BCUT2D eigenvalue weighted by Crippen LogP contribution is 2.34. The highest BCUT2D eigenvalue weighted by atomic mass is 16.2. The number of amides is 2. The zero-order valence-corrected chi connectivity index (χ0v) is 17.2. The van der Waals surface area contributed by atoms with Gasteiger partial charge in [0.1, 0.15) is 0 Å². The molecule has 1 aliphatic rings. The minimum Gasteiger partial charge on any atom is -0.366 e. The number of nitrogens with two attached hydrogens (primary N) is 1. The van der Waals surface area contributed by atoms with Gasteiger partial charge in [0.2, 0.25) is 11.8 Å². The lowest BCUT2D eigenvalue weighted by Gasteiger charge is -2.35. The summed E-state index contributed by atoms with van der Waals surface area (Å²) in [5.74, 6) is 0.0578. The fraction of sp³-hybridized carbons (Fsp3) is 0.333. The second-order valence-electron chi connectivity index (χ2n) is 8.06. The van der Waals surface area contributed by atoms with Gasteiger partial charge in [-0.1, -0.05) is 30.3 Å². The molecule has 1 atom stereocenters. The first-order valence-corrected chi connectivity index (χ1v) is 10.5. The van der Waals surface area contributed by atoms with Crippen LogP contribution in [0.2, 0.25) is 0 Å². The Labute approximate surface area is 176 Å². The van der Waals surface area contributed by atoms with Gasteiger partial charge in [-0.25, -0.2) is 0 Å². The third-order valence-corrected chi connectivity index (χ3v) is 6.20. The number of hydrogen-bond acceptors (Lipinski definition) is 3. The SMILES string of the molecule is C[C@@H](C(=O)NCc1ccccc1)N1CCC(c2c[nH]c3ccc(C(N)=O)cc23)CC1. The minimum absolute atomic E-state index is 0.0653. The highest BCUT2D eigenvalue weighted by Gasteiger charge is 2.28. The van der Waals surface area contributed by atoms with Crippen LogP contribution in [0.5, 0.6) is 0 Å². The molecule has 0 saturated carbocycles. The largest absolute Gasteiger partial charge is 0.366 e. The van der Waals surface area contributed by atoms with Gasteiger partial charge in [0, 0.05) is 29.2 Å². The first-order chi connectivity index (χ1) is 14.5. The Morgan fingerprint density at radius 1 is 1.17 bits per heavy atom. The molecule has 4 N–H and O–H groups in total. The van der Waals surface area contributed by atoms with Gasteiger partial charge >= 0.3 is 0 Å². The van der Waals surface area contributed by atoms with Crippen molar-refractivity contribution in [3.63, 3.8) is 0 Å². The number of H-pyrrole nitrogens is 1. The molecule has 2 aromatic carbocycles. The van der Waals surface area contributed by atoms with Crippen LogP contribution < -0.4 is 11.1 Å². The molecule has 6 nitrogen and oxygen atoms in total. The highest BCUT2D eigenvalue weighted by molar-refractivity contribution is 5.98. The van der Waals surface area contributed by atoms with Crippen molar-refractivity contribution in [2.24, 2.45) is 5.73 Å². The van der Waals surface area contributed by atoms with E-state index in [9.17, 15) is 9.59 Å². The molecule has 1 saturated heterocycles. The molecule has 4 rings (SSSR count). The summed E-state index contributed by atoms with van der Waals surface area (Å²) >= 11 is 0. The molecule has 3 aromatic rings. The molecule has 6 heteroatoms. The number of carbonyl (C=O) groups is 2. The van der Waals surface area contributed by atoms with Crippen LogP contribution in [0.4, 0.5) is 0 Å². The second kappa shape index (κ2) is 8.71. The Morgan fingerprint density at radius 2 is 1.90 bits per heavy atom. The van der Waals surface area contributed by atoms with Crippen LogP contribution in [-0.2, 0) is 11.3 Å². The summed E-state index contributed by atoms with van der Waals surface area (Å²) in [7, 11) is 0. The van der Waals surface area contributed by atoms with Crippen LogP contribution in [0, 0.1) is 0 Å². The fourth-order valence-corrected chi connectivity index (χ4v) is 4.33. The normalized spacial score (nSPS) is 16.4. The molecular formula is C24H28N4O2. The van der Waals surface area contributed by atoms with Crippen molar-refractivity contribution < 1.29 is 9.59 Å². The summed E-state index contributed by atoms with van der Waals surface area (Å²) in [6, 6.07) is 15.4. The lowest BCUT2D eigenvalue weighted by molar-refractivity contribution is -0.126. The van der Waals surface area contributed by atoms with Gasteiger partial charge in [-0.3, -0.25) is 14.5 Å². The Hall–Kier alpha value is -3.12. The van der Waals surface area contributed by atoms with Crippen LogP contribution in [0.1, 0.15) is 47.2 Å². The van der Waals surface area contributed by atoms with Crippen molar-refractivity contribution >= 4 is 22.7 Å². The van der Waals surface area contributed by atoms with E-state index in [1.165, 1.54) is 5.56 Å². The van der Waals surface area contributed by atoms with Gasteiger partial charge < -0.3 is 16.0 Å². The van der Waals surface area contributed by atoms with Gasteiger partial charge in [0.15, 0.2) is 0 Å². The van der Waals surface area contributed by atoms with Crippen LogP contribution in [0.3, 0.4) is 0 Å². The molecule has 1 aromatic heterocycles. The van der Waals surface area contributed by atoms with E-state index in [-0.39, 0.29) is 11.9 Å². The molecule has 1 fully saturated rings. The lowest BCUT2D eigenvalue weighted by Crippen LogP contribution is -2.47. The molecule has 2 heterocycles. The number of likely N-dealkylation sites (tertiary alicyclic amines) is 1. The van der Waals surface area contributed by atoms with Crippen LogP contribution in [0.15, 0.2) is 54.7 Å². The second-order valence-corrected chi connectivity index (χ2v) is 8.06. The third-order valence-electron chi connectivity index (χ3n) is 6.20. The van der Waals surface area contributed by atoms with Gasteiger partial charge in [-0.2, -0.15) is 0 Å². The van der Waals surface area contributed by atoms with E-state index in [1.54, 1.807) is 6.07 Å². The van der Waals surface area contributed by atoms with Crippen LogP contribution >= 0.6 is 0 Å². The number of nitrogens with zero attached hydrogens (tertiary/aromatic N) is 1. The van der Waals surface area contributed by atoms with Gasteiger partial charge in [0.05, 0.1) is 6.04 Å². The molecule has 0 spiro atoms. The maximum atomic E-state index is 12.6. The number of benzene rings is 2. The third kappa shape index (κ3) is 4.24. The van der Waals surface area contributed by atoms with Gasteiger partial charge in [-0.05, 0) is 68.1 Å². The van der Waals surface area contributed by atoms with Crippen molar-refractivity contribution in [1.82, 2.24) is 15.2 Å². The van der Waals surface area contributed by atoms with Gasteiger partial charge in [0.25, 0.3) is 0 Å². The van der Waals surface area contributed by atoms with E-state index >= 15 is 0 Å². The molecule has 0 bridgehead atoms. The monoisotopic (exact) mass is 404 g/mol.